The number of nitro benzene ring substituents is 2. The lowest BCUT2D eigenvalue weighted by Crippen LogP contribution is -2.44. The Hall–Kier alpha value is -6.44. The molecule has 0 aliphatic carbocycles. The molecule has 0 saturated carbocycles. The number of nitrogens with zero attached hydrogens (tertiary/aromatic N) is 4. The van der Waals surface area contributed by atoms with Crippen molar-refractivity contribution >= 4 is 46.4 Å². The van der Waals surface area contributed by atoms with Crippen LogP contribution in [0.5, 0.6) is 0 Å². The van der Waals surface area contributed by atoms with Crippen LogP contribution in [0, 0.1) is 34.1 Å². The summed E-state index contributed by atoms with van der Waals surface area (Å²) in [5, 5.41) is 46.4. The summed E-state index contributed by atoms with van der Waals surface area (Å²) in [7, 11) is 0. The Morgan fingerprint density at radius 2 is 0.931 bits per heavy atom. The van der Waals surface area contributed by atoms with Crippen molar-refractivity contribution in [1.82, 2.24) is 9.80 Å². The molecule has 0 bridgehead atoms. The number of aryl methyl sites for hydroxylation is 2. The average molecular weight is 818 g/mol. The first-order valence-corrected chi connectivity index (χ1v) is 18.7. The standard InChI is InChI=1S/2C22H17ClN2O4/c1-14-2-11-20-19(12-14)21(26)24(13-15-3-9-18(10-4-15)25(28)29)22(20,27)16-5-7-17(23)8-6-16;1-14-2-11-19-20(12-14)22(27,16-5-7-17(23)8-6-16)24(21(19)26)13-15-3-9-18(10-4-15)25(28)29/h2*2-12,27H,13H2,1H3. The summed E-state index contributed by atoms with van der Waals surface area (Å²) >= 11 is 12.0. The highest BCUT2D eigenvalue weighted by Crippen LogP contribution is 2.45. The molecule has 0 spiro atoms. The van der Waals surface area contributed by atoms with Crippen LogP contribution in [-0.2, 0) is 24.5 Å². The smallest absolute Gasteiger partial charge is 0.269 e. The molecule has 292 valence electrons. The lowest BCUT2D eigenvalue weighted by molar-refractivity contribution is -0.385. The fourth-order valence-electron chi connectivity index (χ4n) is 7.32. The van der Waals surface area contributed by atoms with Gasteiger partial charge in [0.1, 0.15) is 0 Å². The summed E-state index contributed by atoms with van der Waals surface area (Å²) in [6.45, 7) is 3.95. The van der Waals surface area contributed by atoms with E-state index >= 15 is 0 Å². The number of non-ortho nitro benzene ring substituents is 2. The van der Waals surface area contributed by atoms with Gasteiger partial charge in [0.15, 0.2) is 11.4 Å². The number of carbonyl (C=O) groups excluding carboxylic acids is 2. The number of aliphatic hydroxyl groups is 2. The summed E-state index contributed by atoms with van der Waals surface area (Å²) in [5.41, 5.74) is 2.64. The Kier molecular flexibility index (Phi) is 10.6. The average Bonchev–Trinajstić information content (AvgIpc) is 3.54. The summed E-state index contributed by atoms with van der Waals surface area (Å²) in [4.78, 5) is 50.0. The maximum absolute atomic E-state index is 13.2. The lowest BCUT2D eigenvalue weighted by Gasteiger charge is -2.35. The van der Waals surface area contributed by atoms with Crippen LogP contribution in [-0.4, -0.2) is 41.7 Å². The predicted molar refractivity (Wildman–Crippen MR) is 217 cm³/mol. The largest absolute Gasteiger partial charge is 0.363 e. The first kappa shape index (κ1) is 39.8. The Labute approximate surface area is 342 Å². The van der Waals surface area contributed by atoms with Crippen molar-refractivity contribution in [3.05, 3.63) is 219 Å². The number of hydrogen-bond donors (Lipinski definition) is 2. The van der Waals surface area contributed by atoms with E-state index in [9.17, 15) is 40.0 Å². The van der Waals surface area contributed by atoms with Gasteiger partial charge >= 0.3 is 0 Å². The maximum Gasteiger partial charge on any atom is 0.269 e. The highest BCUT2D eigenvalue weighted by atomic mass is 35.5. The Balaban J connectivity index is 0.000000177. The van der Waals surface area contributed by atoms with Crippen LogP contribution < -0.4 is 0 Å². The summed E-state index contributed by atoms with van der Waals surface area (Å²) in [6, 6.07) is 36.0. The third-order valence-corrected chi connectivity index (χ3v) is 10.8. The van der Waals surface area contributed by atoms with E-state index in [0.717, 1.165) is 11.1 Å². The quantitative estimate of drug-likeness (QED) is 0.114. The number of halogens is 2. The first-order chi connectivity index (χ1) is 27.6. The number of benzene rings is 6. The van der Waals surface area contributed by atoms with Crippen LogP contribution in [0.4, 0.5) is 11.4 Å². The van der Waals surface area contributed by atoms with Gasteiger partial charge in [-0.05, 0) is 61.4 Å². The molecule has 12 nitrogen and oxygen atoms in total. The van der Waals surface area contributed by atoms with Crippen LogP contribution in [0.15, 0.2) is 133 Å². The maximum atomic E-state index is 13.2. The number of fused-ring (bicyclic) bond motifs is 2. The third kappa shape index (κ3) is 7.18. The van der Waals surface area contributed by atoms with Crippen molar-refractivity contribution in [2.24, 2.45) is 0 Å². The van der Waals surface area contributed by atoms with Gasteiger partial charge < -0.3 is 10.2 Å². The van der Waals surface area contributed by atoms with E-state index in [1.165, 1.54) is 34.1 Å². The van der Waals surface area contributed by atoms with Gasteiger partial charge in [-0.15, -0.1) is 0 Å². The topological polar surface area (TPSA) is 167 Å². The van der Waals surface area contributed by atoms with Crippen LogP contribution in [0.3, 0.4) is 0 Å². The molecule has 0 aromatic heterocycles. The molecule has 0 saturated heterocycles. The summed E-state index contributed by atoms with van der Waals surface area (Å²) in [6.07, 6.45) is 0. The summed E-state index contributed by atoms with van der Waals surface area (Å²) < 4.78 is 0. The van der Waals surface area contributed by atoms with Gasteiger partial charge in [-0.3, -0.25) is 39.6 Å². The van der Waals surface area contributed by atoms with E-state index in [1.807, 2.05) is 26.0 Å². The molecular formula is C44H34Cl2N4O8. The number of carbonyl (C=O) groups is 2. The molecule has 2 atom stereocenters. The van der Waals surface area contributed by atoms with E-state index in [0.29, 0.717) is 54.6 Å². The molecule has 2 N–H and O–H groups in total. The first-order valence-electron chi connectivity index (χ1n) is 17.9. The monoisotopic (exact) mass is 816 g/mol. The fourth-order valence-corrected chi connectivity index (χ4v) is 7.57. The van der Waals surface area contributed by atoms with Crippen LogP contribution in [0.1, 0.15) is 65.2 Å². The molecule has 2 aliphatic rings. The zero-order chi connectivity index (χ0) is 41.5. The number of nitro groups is 2. The second-order valence-electron chi connectivity index (χ2n) is 14.1. The molecule has 2 amide bonds. The van der Waals surface area contributed by atoms with Gasteiger partial charge in [0.05, 0.1) is 9.85 Å². The number of amides is 2. The van der Waals surface area contributed by atoms with Crippen molar-refractivity contribution in [2.45, 2.75) is 38.4 Å². The predicted octanol–water partition coefficient (Wildman–Crippen LogP) is 8.81. The van der Waals surface area contributed by atoms with Gasteiger partial charge in [0, 0.05) is 80.8 Å². The van der Waals surface area contributed by atoms with E-state index in [-0.39, 0.29) is 36.3 Å². The fraction of sp³-hybridized carbons (Fsp3) is 0.136. The molecule has 6 aromatic carbocycles. The number of rotatable bonds is 8. The van der Waals surface area contributed by atoms with Crippen LogP contribution in [0.25, 0.3) is 0 Å². The van der Waals surface area contributed by atoms with E-state index < -0.39 is 21.3 Å². The SMILES string of the molecule is Cc1ccc2c(c1)C(=O)N(Cc1ccc([N+](=O)[O-])cc1)C2(O)c1ccc(Cl)cc1.Cc1ccc2c(c1)C(O)(c1ccc(Cl)cc1)N(Cc1ccc([N+](=O)[O-])cc1)C2=O. The van der Waals surface area contributed by atoms with E-state index in [2.05, 4.69) is 0 Å². The molecule has 2 heterocycles. The van der Waals surface area contributed by atoms with Crippen molar-refractivity contribution < 1.29 is 29.6 Å². The highest BCUT2D eigenvalue weighted by molar-refractivity contribution is 6.30. The van der Waals surface area contributed by atoms with Gasteiger partial charge in [0.2, 0.25) is 0 Å². The molecule has 6 aromatic rings. The normalized spacial score (nSPS) is 18.0. The second-order valence-corrected chi connectivity index (χ2v) is 15.0. The zero-order valence-electron chi connectivity index (χ0n) is 31.0. The van der Waals surface area contributed by atoms with Crippen LogP contribution >= 0.6 is 23.2 Å². The Bertz CT molecular complexity index is 2530. The van der Waals surface area contributed by atoms with Gasteiger partial charge in [-0.2, -0.15) is 0 Å². The van der Waals surface area contributed by atoms with Crippen molar-refractivity contribution in [3.8, 4) is 0 Å². The van der Waals surface area contributed by atoms with Crippen molar-refractivity contribution in [1.29, 1.82) is 0 Å². The minimum atomic E-state index is -1.68. The summed E-state index contributed by atoms with van der Waals surface area (Å²) in [5.74, 6) is -0.615. The van der Waals surface area contributed by atoms with Crippen molar-refractivity contribution in [3.63, 3.8) is 0 Å². The molecule has 2 unspecified atom stereocenters. The molecule has 14 heteroatoms. The zero-order valence-corrected chi connectivity index (χ0v) is 32.5. The molecular weight excluding hydrogens is 783 g/mol. The molecule has 0 radical (unpaired) electrons. The number of hydrogen-bond acceptors (Lipinski definition) is 8. The lowest BCUT2D eigenvalue weighted by atomic mass is 9.92. The highest BCUT2D eigenvalue weighted by Gasteiger charge is 2.51. The molecule has 2 aliphatic heterocycles. The van der Waals surface area contributed by atoms with Crippen LogP contribution in [0.2, 0.25) is 10.0 Å². The van der Waals surface area contributed by atoms with E-state index in [1.54, 1.807) is 97.1 Å². The van der Waals surface area contributed by atoms with Crippen molar-refractivity contribution in [2.75, 3.05) is 0 Å². The second kappa shape index (κ2) is 15.5. The van der Waals surface area contributed by atoms with Gasteiger partial charge in [-0.25, -0.2) is 0 Å². The minimum absolute atomic E-state index is 0.0339. The van der Waals surface area contributed by atoms with Gasteiger partial charge in [-0.1, -0.05) is 107 Å². The Morgan fingerprint density at radius 1 is 0.534 bits per heavy atom. The Morgan fingerprint density at radius 3 is 1.38 bits per heavy atom. The van der Waals surface area contributed by atoms with Gasteiger partial charge in [0.25, 0.3) is 23.2 Å². The third-order valence-electron chi connectivity index (χ3n) is 10.3. The molecule has 8 rings (SSSR count). The molecule has 0 fully saturated rings. The molecule has 58 heavy (non-hydrogen) atoms. The van der Waals surface area contributed by atoms with E-state index in [4.69, 9.17) is 23.2 Å². The minimum Gasteiger partial charge on any atom is -0.363 e.